The summed E-state index contributed by atoms with van der Waals surface area (Å²) in [5, 5.41) is 11.4. The Hall–Kier alpha value is -4.26. The van der Waals surface area contributed by atoms with Crippen LogP contribution in [0.2, 0.25) is 0 Å². The van der Waals surface area contributed by atoms with Crippen LogP contribution in [0.1, 0.15) is 22.7 Å². The molecular formula is C27H25NO6. The molecule has 1 saturated heterocycles. The van der Waals surface area contributed by atoms with Crippen LogP contribution < -0.4 is 19.1 Å². The zero-order valence-corrected chi connectivity index (χ0v) is 19.4. The van der Waals surface area contributed by atoms with E-state index in [9.17, 15) is 14.7 Å². The average Bonchev–Trinajstić information content (AvgIpc) is 3.13. The number of aliphatic hydroxyl groups excluding tert-OH is 1. The maximum Gasteiger partial charge on any atom is 0.300 e. The van der Waals surface area contributed by atoms with Crippen LogP contribution in [0, 0.1) is 6.92 Å². The van der Waals surface area contributed by atoms with Crippen molar-refractivity contribution in [1.29, 1.82) is 0 Å². The molecule has 4 rings (SSSR count). The van der Waals surface area contributed by atoms with Gasteiger partial charge < -0.3 is 19.3 Å². The van der Waals surface area contributed by atoms with Crippen LogP contribution in [0.25, 0.3) is 5.76 Å². The first-order chi connectivity index (χ1) is 16.4. The molecule has 0 aromatic heterocycles. The number of rotatable bonds is 6. The fourth-order valence-electron chi connectivity index (χ4n) is 4.24. The number of amides is 1. The maximum atomic E-state index is 13.4. The molecular weight excluding hydrogens is 434 g/mol. The SMILES string of the molecule is COc1ccc(/C(O)=C2\C(=O)C(=O)N(c3ccccc3C)C2c2ccccc2OC)cc1OC. The second kappa shape index (κ2) is 9.31. The first-order valence-electron chi connectivity index (χ1n) is 10.6. The first-order valence-corrected chi connectivity index (χ1v) is 10.6. The van der Waals surface area contributed by atoms with Gasteiger partial charge in [-0.15, -0.1) is 0 Å². The number of aliphatic hydroxyl groups is 1. The topological polar surface area (TPSA) is 85.3 Å². The van der Waals surface area contributed by atoms with Crippen LogP contribution in [-0.2, 0) is 9.59 Å². The van der Waals surface area contributed by atoms with Gasteiger partial charge in [0.2, 0.25) is 0 Å². The lowest BCUT2D eigenvalue weighted by atomic mass is 9.94. The van der Waals surface area contributed by atoms with Crippen molar-refractivity contribution in [3.8, 4) is 17.2 Å². The van der Waals surface area contributed by atoms with Crippen molar-refractivity contribution < 1.29 is 28.9 Å². The molecule has 1 fully saturated rings. The molecule has 0 spiro atoms. The molecule has 7 heteroatoms. The van der Waals surface area contributed by atoms with Crippen molar-refractivity contribution >= 4 is 23.1 Å². The molecule has 3 aromatic carbocycles. The summed E-state index contributed by atoms with van der Waals surface area (Å²) < 4.78 is 16.2. The minimum atomic E-state index is -0.898. The number of carbonyl (C=O) groups is 2. The number of hydrogen-bond acceptors (Lipinski definition) is 6. The van der Waals surface area contributed by atoms with E-state index in [4.69, 9.17) is 14.2 Å². The zero-order valence-electron chi connectivity index (χ0n) is 19.4. The molecule has 1 N–H and O–H groups in total. The summed E-state index contributed by atoms with van der Waals surface area (Å²) in [5.74, 6) is -0.481. The Kier molecular flexibility index (Phi) is 6.27. The van der Waals surface area contributed by atoms with Gasteiger partial charge in [-0.2, -0.15) is 0 Å². The predicted molar refractivity (Wildman–Crippen MR) is 129 cm³/mol. The van der Waals surface area contributed by atoms with Crippen LogP contribution in [-0.4, -0.2) is 38.1 Å². The van der Waals surface area contributed by atoms with Gasteiger partial charge in [0.1, 0.15) is 11.5 Å². The highest BCUT2D eigenvalue weighted by Gasteiger charge is 2.48. The van der Waals surface area contributed by atoms with Gasteiger partial charge in [0.25, 0.3) is 11.7 Å². The number of aryl methyl sites for hydroxylation is 1. The Morgan fingerprint density at radius 2 is 1.47 bits per heavy atom. The molecule has 1 unspecified atom stereocenters. The molecule has 0 saturated carbocycles. The number of hydrogen-bond donors (Lipinski definition) is 1. The molecule has 0 bridgehead atoms. The van der Waals surface area contributed by atoms with Gasteiger partial charge in [-0.1, -0.05) is 36.4 Å². The van der Waals surface area contributed by atoms with Crippen LogP contribution >= 0.6 is 0 Å². The van der Waals surface area contributed by atoms with E-state index >= 15 is 0 Å². The van der Waals surface area contributed by atoms with E-state index in [2.05, 4.69) is 0 Å². The van der Waals surface area contributed by atoms with E-state index < -0.39 is 17.7 Å². The molecule has 34 heavy (non-hydrogen) atoms. The number of nitrogens with zero attached hydrogens (tertiary/aromatic N) is 1. The molecule has 7 nitrogen and oxygen atoms in total. The number of carbonyl (C=O) groups excluding carboxylic acids is 2. The third kappa shape index (κ3) is 3.75. The minimum absolute atomic E-state index is 0.0371. The third-order valence-electron chi connectivity index (χ3n) is 5.91. The largest absolute Gasteiger partial charge is 0.507 e. The second-order valence-electron chi connectivity index (χ2n) is 7.77. The van der Waals surface area contributed by atoms with Gasteiger partial charge >= 0.3 is 0 Å². The number of benzene rings is 3. The van der Waals surface area contributed by atoms with Gasteiger partial charge in [-0.05, 0) is 42.8 Å². The number of ketones is 1. The zero-order chi connectivity index (χ0) is 24.4. The lowest BCUT2D eigenvalue weighted by molar-refractivity contribution is -0.132. The molecule has 0 radical (unpaired) electrons. The normalized spacial score (nSPS) is 17.1. The molecule has 0 aliphatic carbocycles. The molecule has 1 amide bonds. The minimum Gasteiger partial charge on any atom is -0.507 e. The summed E-state index contributed by atoms with van der Waals surface area (Å²) in [6, 6.07) is 18.3. The molecule has 1 atom stereocenters. The number of methoxy groups -OCH3 is 3. The van der Waals surface area contributed by atoms with Gasteiger partial charge in [0.15, 0.2) is 11.5 Å². The second-order valence-corrected chi connectivity index (χ2v) is 7.77. The molecule has 1 heterocycles. The highest BCUT2D eigenvalue weighted by atomic mass is 16.5. The van der Waals surface area contributed by atoms with Crippen molar-refractivity contribution in [1.82, 2.24) is 0 Å². The Labute approximate surface area is 197 Å². The lowest BCUT2D eigenvalue weighted by Gasteiger charge is -2.27. The Morgan fingerprint density at radius 1 is 0.824 bits per heavy atom. The molecule has 3 aromatic rings. The molecule has 1 aliphatic heterocycles. The standard InChI is InChI=1S/C27H25NO6/c1-16-9-5-7-11-19(16)28-24(18-10-6-8-12-20(18)32-2)23(26(30)27(28)31)25(29)17-13-14-21(33-3)22(15-17)34-4/h5-15,24,29H,1-4H3/b25-23+. The number of ether oxygens (including phenoxy) is 3. The van der Waals surface area contributed by atoms with Gasteiger partial charge in [0.05, 0.1) is 32.9 Å². The summed E-state index contributed by atoms with van der Waals surface area (Å²) in [6.07, 6.45) is 0. The number of anilines is 1. The Morgan fingerprint density at radius 3 is 2.15 bits per heavy atom. The van der Waals surface area contributed by atoms with Gasteiger partial charge in [0, 0.05) is 16.8 Å². The van der Waals surface area contributed by atoms with E-state index in [1.165, 1.54) is 26.2 Å². The predicted octanol–water partition coefficient (Wildman–Crippen LogP) is 4.65. The molecule has 174 valence electrons. The van der Waals surface area contributed by atoms with E-state index in [-0.39, 0.29) is 11.3 Å². The highest BCUT2D eigenvalue weighted by Crippen LogP contribution is 2.46. The van der Waals surface area contributed by atoms with Crippen molar-refractivity contribution in [2.45, 2.75) is 13.0 Å². The smallest absolute Gasteiger partial charge is 0.300 e. The summed E-state index contributed by atoms with van der Waals surface area (Å²) in [7, 11) is 4.51. The summed E-state index contributed by atoms with van der Waals surface area (Å²) in [5.41, 5.74) is 2.25. The first kappa shape index (κ1) is 22.9. The number of Topliss-reactive ketones (excluding diaryl/α,β-unsaturated/α-hetero) is 1. The fourth-order valence-corrected chi connectivity index (χ4v) is 4.24. The van der Waals surface area contributed by atoms with Crippen molar-refractivity contribution in [3.63, 3.8) is 0 Å². The quantitative estimate of drug-likeness (QED) is 0.328. The van der Waals surface area contributed by atoms with Crippen LogP contribution in [0.4, 0.5) is 5.69 Å². The molecule has 1 aliphatic rings. The van der Waals surface area contributed by atoms with Crippen molar-refractivity contribution in [3.05, 3.63) is 89.0 Å². The van der Waals surface area contributed by atoms with E-state index in [0.29, 0.717) is 34.1 Å². The third-order valence-corrected chi connectivity index (χ3v) is 5.91. The summed E-state index contributed by atoms with van der Waals surface area (Å²) >= 11 is 0. The fraction of sp³-hybridized carbons (Fsp3) is 0.185. The van der Waals surface area contributed by atoms with Crippen LogP contribution in [0.15, 0.2) is 72.3 Å². The van der Waals surface area contributed by atoms with Crippen molar-refractivity contribution in [2.75, 3.05) is 26.2 Å². The Bertz CT molecular complexity index is 1300. The number of para-hydroxylation sites is 2. The van der Waals surface area contributed by atoms with E-state index in [1.807, 2.05) is 19.1 Å². The van der Waals surface area contributed by atoms with Gasteiger partial charge in [-0.25, -0.2) is 0 Å². The maximum absolute atomic E-state index is 13.4. The van der Waals surface area contributed by atoms with E-state index in [1.54, 1.807) is 54.6 Å². The van der Waals surface area contributed by atoms with Gasteiger partial charge in [-0.3, -0.25) is 14.5 Å². The monoisotopic (exact) mass is 459 g/mol. The lowest BCUT2D eigenvalue weighted by Crippen LogP contribution is -2.30. The average molecular weight is 459 g/mol. The van der Waals surface area contributed by atoms with E-state index in [0.717, 1.165) is 5.56 Å². The van der Waals surface area contributed by atoms with Crippen LogP contribution in [0.3, 0.4) is 0 Å². The Balaban J connectivity index is 2.00. The highest BCUT2D eigenvalue weighted by molar-refractivity contribution is 6.51. The summed E-state index contributed by atoms with van der Waals surface area (Å²) in [6.45, 7) is 1.86. The van der Waals surface area contributed by atoms with Crippen LogP contribution in [0.5, 0.6) is 17.2 Å². The van der Waals surface area contributed by atoms with Crippen molar-refractivity contribution in [2.24, 2.45) is 0 Å². The summed E-state index contributed by atoms with van der Waals surface area (Å²) in [4.78, 5) is 28.1.